The van der Waals surface area contributed by atoms with E-state index in [9.17, 15) is 4.79 Å². The van der Waals surface area contributed by atoms with Crippen LogP contribution in [0, 0.1) is 12.8 Å². The van der Waals surface area contributed by atoms with Gasteiger partial charge in [0, 0.05) is 18.8 Å². The van der Waals surface area contributed by atoms with Crippen molar-refractivity contribution in [1.29, 1.82) is 0 Å². The molecular weight excluding hydrogens is 204 g/mol. The number of rotatable bonds is 3. The van der Waals surface area contributed by atoms with E-state index >= 15 is 0 Å². The quantitative estimate of drug-likeness (QED) is 0.778. The maximum Gasteiger partial charge on any atom is 0.257 e. The molecule has 1 amide bonds. The summed E-state index contributed by atoms with van der Waals surface area (Å²) in [6, 6.07) is 0. The molecule has 1 unspecified atom stereocenters. The molecule has 88 valence electrons. The molecule has 5 nitrogen and oxygen atoms in total. The van der Waals surface area contributed by atoms with Gasteiger partial charge in [-0.05, 0) is 32.9 Å². The smallest absolute Gasteiger partial charge is 0.257 e. The summed E-state index contributed by atoms with van der Waals surface area (Å²) >= 11 is 0. The molecule has 0 aromatic carbocycles. The number of nitrogens with one attached hydrogen (secondary N) is 2. The highest BCUT2D eigenvalue weighted by Crippen LogP contribution is 2.18. The fourth-order valence-electron chi connectivity index (χ4n) is 2.21. The van der Waals surface area contributed by atoms with Crippen molar-refractivity contribution in [1.82, 2.24) is 20.4 Å². The molecular formula is C11H18N4O. The van der Waals surface area contributed by atoms with Crippen molar-refractivity contribution < 1.29 is 4.79 Å². The van der Waals surface area contributed by atoms with E-state index in [4.69, 9.17) is 0 Å². The number of carbonyl (C=O) groups is 1. The summed E-state index contributed by atoms with van der Waals surface area (Å²) in [5.74, 6) is 0.686. The number of nitrogens with zero attached hydrogens (tertiary/aromatic N) is 2. The number of aryl methyl sites for hydroxylation is 1. The Bertz CT molecular complexity index is 374. The Morgan fingerprint density at radius 1 is 1.75 bits per heavy atom. The molecule has 0 aliphatic carbocycles. The average molecular weight is 222 g/mol. The highest BCUT2D eigenvalue weighted by Gasteiger charge is 2.27. The van der Waals surface area contributed by atoms with Crippen LogP contribution in [-0.2, 0) is 0 Å². The fourth-order valence-corrected chi connectivity index (χ4v) is 2.21. The van der Waals surface area contributed by atoms with Gasteiger partial charge < -0.3 is 10.2 Å². The minimum atomic E-state index is 0.102. The number of likely N-dealkylation sites (tertiary alicyclic amines) is 1. The van der Waals surface area contributed by atoms with E-state index in [1.807, 2.05) is 18.9 Å². The number of aromatic nitrogens is 2. The maximum absolute atomic E-state index is 12.1. The number of carbonyl (C=O) groups excluding carboxylic acids is 1. The number of hydrogen-bond donors (Lipinski definition) is 2. The zero-order valence-corrected chi connectivity index (χ0v) is 9.79. The molecule has 5 heteroatoms. The van der Waals surface area contributed by atoms with Crippen molar-refractivity contribution >= 4 is 5.91 Å². The zero-order chi connectivity index (χ0) is 11.5. The number of aromatic amines is 1. The van der Waals surface area contributed by atoms with Crippen molar-refractivity contribution in [3.63, 3.8) is 0 Å². The summed E-state index contributed by atoms with van der Waals surface area (Å²) in [5.41, 5.74) is 1.55. The third kappa shape index (κ3) is 2.09. The van der Waals surface area contributed by atoms with E-state index in [1.165, 1.54) is 0 Å². The monoisotopic (exact) mass is 222 g/mol. The first-order valence-electron chi connectivity index (χ1n) is 5.66. The lowest BCUT2D eigenvalue weighted by molar-refractivity contribution is 0.0786. The van der Waals surface area contributed by atoms with Crippen LogP contribution in [0.5, 0.6) is 0 Å². The topological polar surface area (TPSA) is 61.0 Å². The van der Waals surface area contributed by atoms with Gasteiger partial charge in [-0.25, -0.2) is 0 Å². The van der Waals surface area contributed by atoms with Gasteiger partial charge in [-0.3, -0.25) is 9.89 Å². The summed E-state index contributed by atoms with van der Waals surface area (Å²) in [5, 5.41) is 9.84. The summed E-state index contributed by atoms with van der Waals surface area (Å²) in [6.45, 7) is 4.57. The Kier molecular flexibility index (Phi) is 3.24. The highest BCUT2D eigenvalue weighted by molar-refractivity contribution is 5.95. The van der Waals surface area contributed by atoms with E-state index in [-0.39, 0.29) is 5.91 Å². The summed E-state index contributed by atoms with van der Waals surface area (Å²) in [6.07, 6.45) is 2.70. The minimum absolute atomic E-state index is 0.102. The summed E-state index contributed by atoms with van der Waals surface area (Å²) in [4.78, 5) is 14.0. The Hall–Kier alpha value is -1.36. The van der Waals surface area contributed by atoms with Crippen LogP contribution in [0.1, 0.15) is 22.5 Å². The first-order chi connectivity index (χ1) is 7.72. The second kappa shape index (κ2) is 4.65. The van der Waals surface area contributed by atoms with E-state index in [0.717, 1.165) is 31.7 Å². The zero-order valence-electron chi connectivity index (χ0n) is 9.79. The van der Waals surface area contributed by atoms with Crippen LogP contribution in [-0.4, -0.2) is 47.7 Å². The van der Waals surface area contributed by atoms with Gasteiger partial charge in [0.2, 0.25) is 0 Å². The SMILES string of the molecule is CNCC1CCN(C(=O)c2cn[nH]c2C)C1. The Labute approximate surface area is 95.2 Å². The predicted octanol–water partition coefficient (Wildman–Crippen LogP) is 0.400. The van der Waals surface area contributed by atoms with Crippen LogP contribution in [0.25, 0.3) is 0 Å². The molecule has 1 aliphatic heterocycles. The van der Waals surface area contributed by atoms with Crippen molar-refractivity contribution in [2.24, 2.45) is 5.92 Å². The highest BCUT2D eigenvalue weighted by atomic mass is 16.2. The lowest BCUT2D eigenvalue weighted by Crippen LogP contribution is -2.30. The molecule has 2 heterocycles. The van der Waals surface area contributed by atoms with Gasteiger partial charge in [-0.1, -0.05) is 0 Å². The second-order valence-electron chi connectivity index (χ2n) is 4.37. The maximum atomic E-state index is 12.1. The molecule has 2 rings (SSSR count). The van der Waals surface area contributed by atoms with Crippen molar-refractivity contribution in [2.45, 2.75) is 13.3 Å². The molecule has 0 bridgehead atoms. The lowest BCUT2D eigenvalue weighted by Gasteiger charge is -2.15. The van der Waals surface area contributed by atoms with Gasteiger partial charge in [0.15, 0.2) is 0 Å². The van der Waals surface area contributed by atoms with Crippen LogP contribution in [0.4, 0.5) is 0 Å². The van der Waals surface area contributed by atoms with Crippen LogP contribution in [0.3, 0.4) is 0 Å². The normalized spacial score (nSPS) is 20.4. The lowest BCUT2D eigenvalue weighted by atomic mass is 10.1. The molecule has 1 atom stereocenters. The van der Waals surface area contributed by atoms with Gasteiger partial charge >= 0.3 is 0 Å². The summed E-state index contributed by atoms with van der Waals surface area (Å²) < 4.78 is 0. The Morgan fingerprint density at radius 3 is 3.19 bits per heavy atom. The molecule has 1 saturated heterocycles. The predicted molar refractivity (Wildman–Crippen MR) is 61.3 cm³/mol. The molecule has 1 aromatic heterocycles. The summed E-state index contributed by atoms with van der Waals surface area (Å²) in [7, 11) is 1.95. The van der Waals surface area contributed by atoms with E-state index < -0.39 is 0 Å². The van der Waals surface area contributed by atoms with Gasteiger partial charge in [-0.2, -0.15) is 5.10 Å². The number of H-pyrrole nitrogens is 1. The Balaban J connectivity index is 2.00. The van der Waals surface area contributed by atoms with E-state index in [1.54, 1.807) is 6.20 Å². The first kappa shape index (κ1) is 11.1. The van der Waals surface area contributed by atoms with Crippen molar-refractivity contribution in [3.8, 4) is 0 Å². The van der Waals surface area contributed by atoms with E-state index in [2.05, 4.69) is 15.5 Å². The largest absolute Gasteiger partial charge is 0.338 e. The van der Waals surface area contributed by atoms with Crippen LogP contribution < -0.4 is 5.32 Å². The third-order valence-corrected chi connectivity index (χ3v) is 3.13. The Morgan fingerprint density at radius 2 is 2.56 bits per heavy atom. The molecule has 16 heavy (non-hydrogen) atoms. The minimum Gasteiger partial charge on any atom is -0.338 e. The van der Waals surface area contributed by atoms with Crippen LogP contribution in [0.15, 0.2) is 6.20 Å². The number of hydrogen-bond acceptors (Lipinski definition) is 3. The number of amides is 1. The second-order valence-corrected chi connectivity index (χ2v) is 4.37. The van der Waals surface area contributed by atoms with Crippen LogP contribution >= 0.6 is 0 Å². The van der Waals surface area contributed by atoms with Crippen molar-refractivity contribution in [3.05, 3.63) is 17.5 Å². The molecule has 0 spiro atoms. The van der Waals surface area contributed by atoms with Gasteiger partial charge in [-0.15, -0.1) is 0 Å². The fraction of sp³-hybridized carbons (Fsp3) is 0.636. The van der Waals surface area contributed by atoms with Crippen LogP contribution in [0.2, 0.25) is 0 Å². The molecule has 2 N–H and O–H groups in total. The van der Waals surface area contributed by atoms with Gasteiger partial charge in [0.25, 0.3) is 5.91 Å². The molecule has 1 aliphatic rings. The van der Waals surface area contributed by atoms with Gasteiger partial charge in [0.05, 0.1) is 11.8 Å². The van der Waals surface area contributed by atoms with E-state index in [0.29, 0.717) is 11.5 Å². The first-order valence-corrected chi connectivity index (χ1v) is 5.66. The molecule has 0 saturated carbocycles. The third-order valence-electron chi connectivity index (χ3n) is 3.13. The average Bonchev–Trinajstić information content (AvgIpc) is 2.87. The molecule has 1 fully saturated rings. The standard InChI is InChI=1S/C11H18N4O/c1-8-10(6-13-14-8)11(16)15-4-3-9(7-15)5-12-2/h6,9,12H,3-5,7H2,1-2H3,(H,13,14). The van der Waals surface area contributed by atoms with Gasteiger partial charge in [0.1, 0.15) is 0 Å². The molecule has 1 aromatic rings. The molecule has 0 radical (unpaired) electrons. The van der Waals surface area contributed by atoms with Crippen molar-refractivity contribution in [2.75, 3.05) is 26.7 Å².